The lowest BCUT2D eigenvalue weighted by Gasteiger charge is -2.02. The van der Waals surface area contributed by atoms with E-state index in [1.165, 1.54) is 34.9 Å². The van der Waals surface area contributed by atoms with Crippen LogP contribution in [0.1, 0.15) is 0 Å². The van der Waals surface area contributed by atoms with Crippen molar-refractivity contribution in [3.63, 3.8) is 0 Å². The van der Waals surface area contributed by atoms with Gasteiger partial charge in [0.2, 0.25) is 0 Å². The summed E-state index contributed by atoms with van der Waals surface area (Å²) in [4.78, 5) is 0.373. The minimum atomic E-state index is -3.20. The lowest BCUT2D eigenvalue weighted by molar-refractivity contribution is 0.597. The number of hydrogen-bond donors (Lipinski definition) is 0. The van der Waals surface area contributed by atoms with Crippen LogP contribution < -0.4 is 0 Å². The van der Waals surface area contributed by atoms with Gasteiger partial charge in [-0.25, -0.2) is 8.42 Å². The van der Waals surface area contributed by atoms with Crippen molar-refractivity contribution < 1.29 is 8.42 Å². The van der Waals surface area contributed by atoms with Crippen LogP contribution in [0.2, 0.25) is 0 Å². The van der Waals surface area contributed by atoms with E-state index in [1.54, 1.807) is 30.3 Å². The number of sulfone groups is 1. The van der Waals surface area contributed by atoms with Crippen LogP contribution in [0.4, 0.5) is 0 Å². The van der Waals surface area contributed by atoms with Gasteiger partial charge in [0, 0.05) is 5.75 Å². The lowest BCUT2D eigenvalue weighted by Crippen LogP contribution is -2.08. The molecule has 0 atom stereocenters. The molecule has 0 unspecified atom stereocenters. The average Bonchev–Trinajstić information content (AvgIpc) is 2.87. The number of thioether (sulfide) groups is 2. The zero-order valence-electron chi connectivity index (χ0n) is 10.1. The van der Waals surface area contributed by atoms with Gasteiger partial charge in [-0.1, -0.05) is 53.1 Å². The van der Waals surface area contributed by atoms with Crippen LogP contribution in [0.5, 0.6) is 0 Å². The van der Waals surface area contributed by atoms with Gasteiger partial charge < -0.3 is 0 Å². The molecule has 0 spiro atoms. The molecule has 0 aliphatic carbocycles. The first-order valence-electron chi connectivity index (χ1n) is 5.40. The summed E-state index contributed by atoms with van der Waals surface area (Å²) >= 11 is 4.46. The molecule has 19 heavy (non-hydrogen) atoms. The van der Waals surface area contributed by atoms with E-state index >= 15 is 0 Å². The first-order valence-corrected chi connectivity index (χ1v) is 10.1. The third-order valence-corrected chi connectivity index (χ3v) is 7.27. The highest BCUT2D eigenvalue weighted by Gasteiger charge is 2.14. The molecular weight excluding hydrogens is 320 g/mol. The first-order chi connectivity index (χ1) is 9.12. The quantitative estimate of drug-likeness (QED) is 0.758. The fraction of sp³-hybridized carbons (Fsp3) is 0.273. The third kappa shape index (κ3) is 4.20. The van der Waals surface area contributed by atoms with Gasteiger partial charge >= 0.3 is 0 Å². The van der Waals surface area contributed by atoms with Gasteiger partial charge in [-0.3, -0.25) is 0 Å². The Balaban J connectivity index is 1.92. The highest BCUT2D eigenvalue weighted by Crippen LogP contribution is 2.27. The van der Waals surface area contributed by atoms with Crippen LogP contribution in [-0.4, -0.2) is 36.4 Å². The molecule has 1 heterocycles. The minimum Gasteiger partial charge on any atom is -0.224 e. The zero-order valence-corrected chi connectivity index (χ0v) is 13.4. The highest BCUT2D eigenvalue weighted by atomic mass is 32.2. The van der Waals surface area contributed by atoms with Crippen molar-refractivity contribution in [3.05, 3.63) is 30.3 Å². The van der Waals surface area contributed by atoms with Crippen molar-refractivity contribution >= 4 is 44.7 Å². The number of hydrogen-bond acceptors (Lipinski definition) is 7. The van der Waals surface area contributed by atoms with Crippen LogP contribution in [0, 0.1) is 0 Å². The summed E-state index contributed by atoms with van der Waals surface area (Å²) in [6.07, 6.45) is 1.94. The van der Waals surface area contributed by atoms with E-state index in [0.29, 0.717) is 10.6 Å². The Bertz CT molecular complexity index is 625. The Morgan fingerprint density at radius 3 is 2.47 bits per heavy atom. The summed E-state index contributed by atoms with van der Waals surface area (Å²) in [6.45, 7) is 0. The Morgan fingerprint density at radius 1 is 1.16 bits per heavy atom. The highest BCUT2D eigenvalue weighted by molar-refractivity contribution is 8.03. The minimum absolute atomic E-state index is 0.107. The SMILES string of the molecule is CSc1nnc(SCCS(=O)(=O)c2ccccc2)s1. The summed E-state index contributed by atoms with van der Waals surface area (Å²) in [6, 6.07) is 8.51. The molecule has 102 valence electrons. The van der Waals surface area contributed by atoms with Gasteiger partial charge in [-0.05, 0) is 18.4 Å². The molecule has 0 bridgehead atoms. The molecule has 2 rings (SSSR count). The van der Waals surface area contributed by atoms with E-state index < -0.39 is 9.84 Å². The molecule has 0 aliphatic rings. The molecule has 0 fully saturated rings. The molecule has 0 N–H and O–H groups in total. The smallest absolute Gasteiger partial charge is 0.179 e. The van der Waals surface area contributed by atoms with Crippen molar-refractivity contribution in [2.24, 2.45) is 0 Å². The van der Waals surface area contributed by atoms with Crippen molar-refractivity contribution in [1.82, 2.24) is 10.2 Å². The number of rotatable bonds is 6. The number of nitrogens with zero attached hydrogens (tertiary/aromatic N) is 2. The van der Waals surface area contributed by atoms with Gasteiger partial charge in [-0.2, -0.15) is 0 Å². The Kier molecular flexibility index (Phi) is 5.26. The Hall–Kier alpha value is -0.570. The van der Waals surface area contributed by atoms with Crippen LogP contribution in [0.15, 0.2) is 43.9 Å². The van der Waals surface area contributed by atoms with E-state index in [0.717, 1.165) is 8.68 Å². The summed E-state index contributed by atoms with van der Waals surface area (Å²) in [5.74, 6) is 0.593. The normalized spacial score (nSPS) is 11.6. The maximum Gasteiger partial charge on any atom is 0.179 e. The maximum atomic E-state index is 12.0. The fourth-order valence-corrected chi connectivity index (χ4v) is 5.50. The topological polar surface area (TPSA) is 59.9 Å². The molecule has 2 aromatic rings. The Morgan fingerprint density at radius 2 is 1.84 bits per heavy atom. The van der Waals surface area contributed by atoms with Crippen LogP contribution >= 0.6 is 34.9 Å². The van der Waals surface area contributed by atoms with Gasteiger partial charge in [-0.15, -0.1) is 10.2 Å². The van der Waals surface area contributed by atoms with E-state index in [2.05, 4.69) is 10.2 Å². The summed E-state index contributed by atoms with van der Waals surface area (Å²) in [5, 5.41) is 7.96. The van der Waals surface area contributed by atoms with E-state index in [9.17, 15) is 8.42 Å². The number of benzene rings is 1. The second-order valence-electron chi connectivity index (χ2n) is 3.52. The largest absolute Gasteiger partial charge is 0.224 e. The summed E-state index contributed by atoms with van der Waals surface area (Å²) in [7, 11) is -3.20. The van der Waals surface area contributed by atoms with Gasteiger partial charge in [0.15, 0.2) is 18.5 Å². The van der Waals surface area contributed by atoms with Crippen molar-refractivity contribution in [1.29, 1.82) is 0 Å². The molecular formula is C11H12N2O2S4. The molecule has 0 saturated carbocycles. The molecule has 1 aromatic heterocycles. The van der Waals surface area contributed by atoms with E-state index in [4.69, 9.17) is 0 Å². The maximum absolute atomic E-state index is 12.0. The number of aromatic nitrogens is 2. The van der Waals surface area contributed by atoms with Crippen molar-refractivity contribution in [3.8, 4) is 0 Å². The summed E-state index contributed by atoms with van der Waals surface area (Å²) in [5.41, 5.74) is 0. The molecule has 0 amide bonds. The molecule has 0 radical (unpaired) electrons. The molecule has 0 aliphatic heterocycles. The molecule has 8 heteroatoms. The van der Waals surface area contributed by atoms with Gasteiger partial charge in [0.1, 0.15) is 0 Å². The van der Waals surface area contributed by atoms with Crippen molar-refractivity contribution in [2.45, 2.75) is 13.6 Å². The standard InChI is InChI=1S/C11H12N2O2S4/c1-16-10-12-13-11(18-10)17-7-8-19(14,15)9-5-3-2-4-6-9/h2-6H,7-8H2,1H3. The molecule has 4 nitrogen and oxygen atoms in total. The fourth-order valence-electron chi connectivity index (χ4n) is 1.32. The second kappa shape index (κ2) is 6.74. The van der Waals surface area contributed by atoms with Crippen LogP contribution in [-0.2, 0) is 9.84 Å². The third-order valence-electron chi connectivity index (χ3n) is 2.24. The zero-order chi connectivity index (χ0) is 13.7. The van der Waals surface area contributed by atoms with E-state index in [1.807, 2.05) is 6.26 Å². The van der Waals surface area contributed by atoms with Crippen LogP contribution in [0.3, 0.4) is 0 Å². The second-order valence-corrected chi connectivity index (χ2v) is 9.00. The Labute approximate surface area is 125 Å². The monoisotopic (exact) mass is 332 g/mol. The van der Waals surface area contributed by atoms with Gasteiger partial charge in [0.05, 0.1) is 10.6 Å². The first kappa shape index (κ1) is 14.8. The predicted octanol–water partition coefficient (Wildman–Crippen LogP) is 2.83. The average molecular weight is 332 g/mol. The molecule has 0 saturated heterocycles. The van der Waals surface area contributed by atoms with Crippen molar-refractivity contribution in [2.75, 3.05) is 17.8 Å². The van der Waals surface area contributed by atoms with Crippen LogP contribution in [0.25, 0.3) is 0 Å². The summed E-state index contributed by atoms with van der Waals surface area (Å²) < 4.78 is 25.8. The lowest BCUT2D eigenvalue weighted by atomic mass is 10.4. The van der Waals surface area contributed by atoms with E-state index in [-0.39, 0.29) is 5.75 Å². The predicted molar refractivity (Wildman–Crippen MR) is 80.9 cm³/mol. The van der Waals surface area contributed by atoms with Gasteiger partial charge in [0.25, 0.3) is 0 Å². The molecule has 1 aromatic carbocycles.